The fourth-order valence-electron chi connectivity index (χ4n) is 3.75. The number of hydrogen-bond acceptors (Lipinski definition) is 6. The van der Waals surface area contributed by atoms with E-state index in [1.54, 1.807) is 39.7 Å². The molecule has 12 heteroatoms. The summed E-state index contributed by atoms with van der Waals surface area (Å²) in [5, 5.41) is 12.9. The molecule has 0 aliphatic carbocycles. The van der Waals surface area contributed by atoms with Gasteiger partial charge in [-0.15, -0.1) is 17.5 Å². The molecule has 0 saturated carbocycles. The van der Waals surface area contributed by atoms with Gasteiger partial charge in [0.1, 0.15) is 5.52 Å². The SMILES string of the molecule is CCN(CC)CC.Cl.FC(F)(F)Sc1cccc(-c2cc3nccc(-n4nnc5ccccc54)n3n2)c1. The van der Waals surface area contributed by atoms with Crippen molar-refractivity contribution in [1.29, 1.82) is 0 Å². The molecule has 0 N–H and O–H groups in total. The minimum Gasteiger partial charge on any atom is -0.304 e. The first-order valence-electron chi connectivity index (χ1n) is 11.6. The van der Waals surface area contributed by atoms with Gasteiger partial charge in [0.25, 0.3) is 0 Å². The minimum absolute atomic E-state index is 0. The topological polar surface area (TPSA) is 64.1 Å². The standard InChI is InChI=1S/C19H11F3N6S.C6H15N.ClH/c20-19(21,22)29-13-5-3-4-12(10-13)15-11-17-23-9-8-18(28(17)25-15)27-16-7-2-1-6-14(16)24-26-27;1-4-7(5-2)6-3;/h1-11H;4-6H2,1-3H3;1H. The zero-order valence-electron chi connectivity index (χ0n) is 20.6. The maximum absolute atomic E-state index is 12.7. The highest BCUT2D eigenvalue weighted by molar-refractivity contribution is 8.00. The molecule has 0 atom stereocenters. The molecular formula is C25H27ClF3N7S. The van der Waals surface area contributed by atoms with Crippen LogP contribution < -0.4 is 0 Å². The third-order valence-corrected chi connectivity index (χ3v) is 6.33. The zero-order valence-corrected chi connectivity index (χ0v) is 22.2. The monoisotopic (exact) mass is 549 g/mol. The van der Waals surface area contributed by atoms with Crippen LogP contribution in [-0.4, -0.2) is 59.6 Å². The van der Waals surface area contributed by atoms with Crippen LogP contribution in [0, 0.1) is 0 Å². The molecule has 0 amide bonds. The number of alkyl halides is 3. The predicted molar refractivity (Wildman–Crippen MR) is 143 cm³/mol. The highest BCUT2D eigenvalue weighted by Gasteiger charge is 2.29. The lowest BCUT2D eigenvalue weighted by Crippen LogP contribution is -2.21. The molecule has 5 aromatic rings. The maximum atomic E-state index is 12.7. The zero-order chi connectivity index (χ0) is 25.7. The van der Waals surface area contributed by atoms with Gasteiger partial charge >= 0.3 is 5.51 Å². The van der Waals surface area contributed by atoms with E-state index in [4.69, 9.17) is 0 Å². The van der Waals surface area contributed by atoms with Gasteiger partial charge in [0.2, 0.25) is 0 Å². The first kappa shape index (κ1) is 28.4. The van der Waals surface area contributed by atoms with Gasteiger partial charge in [0.05, 0.1) is 11.2 Å². The van der Waals surface area contributed by atoms with Gasteiger partial charge in [-0.3, -0.25) is 0 Å². The first-order chi connectivity index (χ1) is 17.3. The van der Waals surface area contributed by atoms with Crippen molar-refractivity contribution in [2.75, 3.05) is 19.6 Å². The third kappa shape index (κ3) is 6.79. The van der Waals surface area contributed by atoms with Crippen molar-refractivity contribution in [3.63, 3.8) is 0 Å². The van der Waals surface area contributed by atoms with E-state index in [0.29, 0.717) is 22.7 Å². The normalized spacial score (nSPS) is 11.4. The van der Waals surface area contributed by atoms with Crippen LogP contribution in [0.3, 0.4) is 0 Å². The Morgan fingerprint density at radius 1 is 0.919 bits per heavy atom. The van der Waals surface area contributed by atoms with E-state index in [0.717, 1.165) is 11.0 Å². The Labute approximate surface area is 223 Å². The predicted octanol–water partition coefficient (Wildman–Crippen LogP) is 6.51. The van der Waals surface area contributed by atoms with E-state index in [1.807, 2.05) is 24.3 Å². The summed E-state index contributed by atoms with van der Waals surface area (Å²) in [4.78, 5) is 6.79. The van der Waals surface area contributed by atoms with E-state index < -0.39 is 5.51 Å². The largest absolute Gasteiger partial charge is 0.446 e. The van der Waals surface area contributed by atoms with E-state index in [1.165, 1.54) is 31.8 Å². The molecule has 0 unspecified atom stereocenters. The van der Waals surface area contributed by atoms with E-state index >= 15 is 0 Å². The summed E-state index contributed by atoms with van der Waals surface area (Å²) in [7, 11) is 0. The van der Waals surface area contributed by atoms with Crippen molar-refractivity contribution in [2.24, 2.45) is 0 Å². The second kappa shape index (κ2) is 12.4. The summed E-state index contributed by atoms with van der Waals surface area (Å²) in [6.07, 6.45) is 1.63. The summed E-state index contributed by atoms with van der Waals surface area (Å²) in [6.45, 7) is 10.1. The van der Waals surface area contributed by atoms with Crippen LogP contribution >= 0.6 is 24.2 Å². The lowest BCUT2D eigenvalue weighted by atomic mass is 10.1. The smallest absolute Gasteiger partial charge is 0.304 e. The van der Waals surface area contributed by atoms with Gasteiger partial charge in [-0.05, 0) is 55.7 Å². The van der Waals surface area contributed by atoms with Crippen molar-refractivity contribution in [2.45, 2.75) is 31.2 Å². The molecule has 0 aliphatic heterocycles. The summed E-state index contributed by atoms with van der Waals surface area (Å²) >= 11 is -0.154. The van der Waals surface area contributed by atoms with Gasteiger partial charge < -0.3 is 4.90 Å². The number of halogens is 4. The van der Waals surface area contributed by atoms with Crippen molar-refractivity contribution in [3.8, 4) is 17.1 Å². The Bertz CT molecular complexity index is 1440. The van der Waals surface area contributed by atoms with Crippen LogP contribution in [0.1, 0.15) is 20.8 Å². The summed E-state index contributed by atoms with van der Waals surface area (Å²) in [6, 6.07) is 17.2. The molecule has 0 bridgehead atoms. The van der Waals surface area contributed by atoms with Gasteiger partial charge in [-0.1, -0.05) is 50.3 Å². The lowest BCUT2D eigenvalue weighted by Gasteiger charge is -2.13. The molecule has 196 valence electrons. The number of thioether (sulfide) groups is 1. The quantitative estimate of drug-likeness (QED) is 0.225. The van der Waals surface area contributed by atoms with Crippen LogP contribution in [0.15, 0.2) is 71.8 Å². The Balaban J connectivity index is 0.000000422. The summed E-state index contributed by atoms with van der Waals surface area (Å²) < 4.78 is 41.3. The second-order valence-electron chi connectivity index (χ2n) is 7.79. The molecule has 3 aromatic heterocycles. The fourth-order valence-corrected chi connectivity index (χ4v) is 4.35. The second-order valence-corrected chi connectivity index (χ2v) is 8.93. The number of fused-ring (bicyclic) bond motifs is 2. The molecule has 0 saturated heterocycles. The van der Waals surface area contributed by atoms with Crippen LogP contribution in [0.2, 0.25) is 0 Å². The van der Waals surface area contributed by atoms with Gasteiger partial charge in [0, 0.05) is 28.8 Å². The molecule has 37 heavy (non-hydrogen) atoms. The average molecular weight is 550 g/mol. The molecule has 0 fully saturated rings. The number of benzene rings is 2. The van der Waals surface area contributed by atoms with Gasteiger partial charge in [-0.25, -0.2) is 4.98 Å². The Kier molecular flexibility index (Phi) is 9.52. The average Bonchev–Trinajstić information content (AvgIpc) is 3.49. The molecule has 3 heterocycles. The van der Waals surface area contributed by atoms with Crippen molar-refractivity contribution < 1.29 is 13.2 Å². The molecule has 0 radical (unpaired) electrons. The molecule has 7 nitrogen and oxygen atoms in total. The number of nitrogens with zero attached hydrogens (tertiary/aromatic N) is 7. The third-order valence-electron chi connectivity index (χ3n) is 5.61. The Morgan fingerprint density at radius 2 is 1.65 bits per heavy atom. The van der Waals surface area contributed by atoms with Crippen LogP contribution in [0.5, 0.6) is 0 Å². The maximum Gasteiger partial charge on any atom is 0.446 e. The van der Waals surface area contributed by atoms with Crippen molar-refractivity contribution >= 4 is 40.8 Å². The highest BCUT2D eigenvalue weighted by atomic mass is 35.5. The summed E-state index contributed by atoms with van der Waals surface area (Å²) in [5.74, 6) is 0.621. The van der Waals surface area contributed by atoms with E-state index in [-0.39, 0.29) is 29.1 Å². The molecule has 5 rings (SSSR count). The van der Waals surface area contributed by atoms with Crippen LogP contribution in [-0.2, 0) is 0 Å². The minimum atomic E-state index is -4.35. The highest BCUT2D eigenvalue weighted by Crippen LogP contribution is 2.38. The fraction of sp³-hybridized carbons (Fsp3) is 0.280. The molecule has 2 aromatic carbocycles. The summed E-state index contributed by atoms with van der Waals surface area (Å²) in [5.41, 5.74) is -1.17. The van der Waals surface area contributed by atoms with E-state index in [9.17, 15) is 13.2 Å². The number of rotatable bonds is 6. The Morgan fingerprint density at radius 3 is 2.32 bits per heavy atom. The van der Waals surface area contributed by atoms with Crippen LogP contribution in [0.4, 0.5) is 13.2 Å². The lowest BCUT2D eigenvalue weighted by molar-refractivity contribution is -0.0328. The van der Waals surface area contributed by atoms with E-state index in [2.05, 4.69) is 46.1 Å². The molecular weight excluding hydrogens is 523 g/mol. The molecule has 0 aliphatic rings. The van der Waals surface area contributed by atoms with Crippen LogP contribution in [0.25, 0.3) is 33.8 Å². The number of aromatic nitrogens is 6. The molecule has 0 spiro atoms. The van der Waals surface area contributed by atoms with Gasteiger partial charge in [0.15, 0.2) is 11.5 Å². The van der Waals surface area contributed by atoms with Crippen molar-refractivity contribution in [3.05, 3.63) is 66.9 Å². The Hall–Kier alpha value is -3.15. The van der Waals surface area contributed by atoms with Gasteiger partial charge in [-0.2, -0.15) is 27.5 Å². The van der Waals surface area contributed by atoms with Crippen molar-refractivity contribution in [1.82, 2.24) is 34.5 Å². The number of para-hydroxylation sites is 1. The first-order valence-corrected chi connectivity index (χ1v) is 12.4. The number of hydrogen-bond donors (Lipinski definition) is 0.